The molecule has 15 heavy (non-hydrogen) atoms. The summed E-state index contributed by atoms with van der Waals surface area (Å²) in [5, 5.41) is 0. The van der Waals surface area contributed by atoms with Gasteiger partial charge in [0, 0.05) is 25.6 Å². The molecule has 1 aliphatic heterocycles. The van der Waals surface area contributed by atoms with Crippen molar-refractivity contribution in [1.29, 1.82) is 0 Å². The van der Waals surface area contributed by atoms with Crippen molar-refractivity contribution in [2.24, 2.45) is 5.73 Å². The highest BCUT2D eigenvalue weighted by Crippen LogP contribution is 2.18. The molecule has 1 heterocycles. The van der Waals surface area contributed by atoms with Gasteiger partial charge in [-0.25, -0.2) is 0 Å². The number of hydrogen-bond acceptors (Lipinski definition) is 3. The van der Waals surface area contributed by atoms with Crippen molar-refractivity contribution >= 4 is 5.91 Å². The van der Waals surface area contributed by atoms with Gasteiger partial charge in [0.05, 0.1) is 0 Å². The van der Waals surface area contributed by atoms with Gasteiger partial charge in [-0.1, -0.05) is 0 Å². The zero-order chi connectivity index (χ0) is 11.3. The SMILES string of the molecule is CN(C)CC1CCCN1C(=O)CCCN. The Morgan fingerprint density at radius 2 is 2.27 bits per heavy atom. The minimum atomic E-state index is 0.282. The average Bonchev–Trinajstić information content (AvgIpc) is 2.61. The Kier molecular flexibility index (Phi) is 5.05. The summed E-state index contributed by atoms with van der Waals surface area (Å²) in [4.78, 5) is 16.0. The third-order valence-corrected chi connectivity index (χ3v) is 2.87. The fourth-order valence-electron chi connectivity index (χ4n) is 2.17. The van der Waals surface area contributed by atoms with Crippen molar-refractivity contribution in [3.63, 3.8) is 0 Å². The fraction of sp³-hybridized carbons (Fsp3) is 0.909. The van der Waals surface area contributed by atoms with Gasteiger partial charge >= 0.3 is 0 Å². The predicted octanol–water partition coefficient (Wildman–Crippen LogP) is 0.278. The van der Waals surface area contributed by atoms with E-state index < -0.39 is 0 Å². The summed E-state index contributed by atoms with van der Waals surface area (Å²) < 4.78 is 0. The van der Waals surface area contributed by atoms with E-state index in [0.717, 1.165) is 32.4 Å². The van der Waals surface area contributed by atoms with Crippen molar-refractivity contribution in [2.45, 2.75) is 31.7 Å². The summed E-state index contributed by atoms with van der Waals surface area (Å²) in [7, 11) is 4.11. The normalized spacial score (nSPS) is 21.3. The maximum Gasteiger partial charge on any atom is 0.222 e. The molecule has 0 aromatic heterocycles. The first kappa shape index (κ1) is 12.5. The number of likely N-dealkylation sites (N-methyl/N-ethyl adjacent to an activating group) is 1. The maximum atomic E-state index is 11.8. The molecule has 0 saturated carbocycles. The molecule has 0 aliphatic carbocycles. The average molecular weight is 213 g/mol. The lowest BCUT2D eigenvalue weighted by molar-refractivity contribution is -0.132. The van der Waals surface area contributed by atoms with E-state index in [1.807, 2.05) is 4.90 Å². The van der Waals surface area contributed by atoms with Gasteiger partial charge in [-0.15, -0.1) is 0 Å². The van der Waals surface area contributed by atoms with E-state index in [2.05, 4.69) is 19.0 Å². The fourth-order valence-corrected chi connectivity index (χ4v) is 2.17. The van der Waals surface area contributed by atoms with Gasteiger partial charge in [0.25, 0.3) is 0 Å². The first-order valence-electron chi connectivity index (χ1n) is 5.79. The van der Waals surface area contributed by atoms with E-state index in [0.29, 0.717) is 19.0 Å². The molecule has 0 bridgehead atoms. The zero-order valence-electron chi connectivity index (χ0n) is 9.91. The van der Waals surface area contributed by atoms with Gasteiger partial charge in [0.2, 0.25) is 5.91 Å². The number of likely N-dealkylation sites (tertiary alicyclic amines) is 1. The van der Waals surface area contributed by atoms with E-state index in [4.69, 9.17) is 5.73 Å². The number of nitrogens with two attached hydrogens (primary N) is 1. The van der Waals surface area contributed by atoms with Crippen LogP contribution in [0.25, 0.3) is 0 Å². The lowest BCUT2D eigenvalue weighted by atomic mass is 10.2. The molecule has 2 N–H and O–H groups in total. The molecule has 4 heteroatoms. The summed E-state index contributed by atoms with van der Waals surface area (Å²) in [5.74, 6) is 0.282. The number of amides is 1. The van der Waals surface area contributed by atoms with Gasteiger partial charge in [0.1, 0.15) is 0 Å². The second-order valence-corrected chi connectivity index (χ2v) is 4.54. The zero-order valence-corrected chi connectivity index (χ0v) is 9.91. The van der Waals surface area contributed by atoms with E-state index in [1.54, 1.807) is 0 Å². The van der Waals surface area contributed by atoms with Crippen LogP contribution in [0.4, 0.5) is 0 Å². The van der Waals surface area contributed by atoms with Crippen LogP contribution in [0.2, 0.25) is 0 Å². The Bertz CT molecular complexity index is 206. The maximum absolute atomic E-state index is 11.8. The number of nitrogens with zero attached hydrogens (tertiary/aromatic N) is 2. The van der Waals surface area contributed by atoms with Crippen LogP contribution in [0, 0.1) is 0 Å². The molecule has 4 nitrogen and oxygen atoms in total. The van der Waals surface area contributed by atoms with E-state index in [1.165, 1.54) is 0 Å². The molecular weight excluding hydrogens is 190 g/mol. The topological polar surface area (TPSA) is 49.6 Å². The van der Waals surface area contributed by atoms with E-state index >= 15 is 0 Å². The summed E-state index contributed by atoms with van der Waals surface area (Å²) in [6, 6.07) is 0.422. The monoisotopic (exact) mass is 213 g/mol. The first-order chi connectivity index (χ1) is 7.15. The van der Waals surface area contributed by atoms with Crippen LogP contribution in [0.1, 0.15) is 25.7 Å². The van der Waals surface area contributed by atoms with Crippen LogP contribution in [0.5, 0.6) is 0 Å². The highest BCUT2D eigenvalue weighted by Gasteiger charge is 2.28. The number of rotatable bonds is 5. The minimum absolute atomic E-state index is 0.282. The molecule has 88 valence electrons. The summed E-state index contributed by atoms with van der Waals surface area (Å²) in [6.07, 6.45) is 3.71. The van der Waals surface area contributed by atoms with Crippen LogP contribution in [-0.2, 0) is 4.79 Å². The molecule has 0 radical (unpaired) electrons. The van der Waals surface area contributed by atoms with Gasteiger partial charge in [-0.2, -0.15) is 0 Å². The van der Waals surface area contributed by atoms with Crippen LogP contribution in [-0.4, -0.2) is 55.5 Å². The van der Waals surface area contributed by atoms with Crippen molar-refractivity contribution < 1.29 is 4.79 Å². The van der Waals surface area contributed by atoms with Gasteiger partial charge in [-0.3, -0.25) is 4.79 Å². The molecule has 0 aromatic rings. The standard InChI is InChI=1S/C11H23N3O/c1-13(2)9-10-5-4-8-14(10)11(15)6-3-7-12/h10H,3-9,12H2,1-2H3. The third kappa shape index (κ3) is 3.80. The van der Waals surface area contributed by atoms with Crippen LogP contribution in [0.3, 0.4) is 0 Å². The molecular formula is C11H23N3O. The molecule has 1 fully saturated rings. The van der Waals surface area contributed by atoms with Crippen molar-refractivity contribution in [2.75, 3.05) is 33.7 Å². The summed E-state index contributed by atoms with van der Waals surface area (Å²) in [5.41, 5.74) is 5.41. The number of hydrogen-bond donors (Lipinski definition) is 1. The highest BCUT2D eigenvalue weighted by atomic mass is 16.2. The molecule has 1 aliphatic rings. The molecule has 1 unspecified atom stereocenters. The second-order valence-electron chi connectivity index (χ2n) is 4.54. The van der Waals surface area contributed by atoms with Gasteiger partial charge in [-0.05, 0) is 39.9 Å². The number of carbonyl (C=O) groups is 1. The summed E-state index contributed by atoms with van der Waals surface area (Å²) >= 11 is 0. The van der Waals surface area contributed by atoms with Crippen molar-refractivity contribution in [1.82, 2.24) is 9.80 Å². The minimum Gasteiger partial charge on any atom is -0.338 e. The van der Waals surface area contributed by atoms with Crippen molar-refractivity contribution in [3.05, 3.63) is 0 Å². The first-order valence-corrected chi connectivity index (χ1v) is 5.79. The predicted molar refractivity (Wildman–Crippen MR) is 61.6 cm³/mol. The molecule has 1 atom stereocenters. The largest absolute Gasteiger partial charge is 0.338 e. The quantitative estimate of drug-likeness (QED) is 0.713. The van der Waals surface area contributed by atoms with Crippen LogP contribution >= 0.6 is 0 Å². The van der Waals surface area contributed by atoms with E-state index in [9.17, 15) is 4.79 Å². The van der Waals surface area contributed by atoms with Gasteiger partial charge in [0.15, 0.2) is 0 Å². The smallest absolute Gasteiger partial charge is 0.222 e. The lowest BCUT2D eigenvalue weighted by Gasteiger charge is -2.27. The van der Waals surface area contributed by atoms with Crippen molar-refractivity contribution in [3.8, 4) is 0 Å². The Morgan fingerprint density at radius 1 is 1.53 bits per heavy atom. The number of carbonyl (C=O) groups excluding carboxylic acids is 1. The third-order valence-electron chi connectivity index (χ3n) is 2.87. The van der Waals surface area contributed by atoms with Gasteiger partial charge < -0.3 is 15.5 Å². The molecule has 1 saturated heterocycles. The Morgan fingerprint density at radius 3 is 2.87 bits per heavy atom. The van der Waals surface area contributed by atoms with Crippen LogP contribution < -0.4 is 5.73 Å². The molecule has 0 aromatic carbocycles. The second kappa shape index (κ2) is 6.08. The molecule has 0 spiro atoms. The summed E-state index contributed by atoms with van der Waals surface area (Å²) in [6.45, 7) is 2.52. The lowest BCUT2D eigenvalue weighted by Crippen LogP contribution is -2.41. The molecule has 1 rings (SSSR count). The molecule has 1 amide bonds. The Balaban J connectivity index is 2.41. The van der Waals surface area contributed by atoms with Crippen LogP contribution in [0.15, 0.2) is 0 Å². The highest BCUT2D eigenvalue weighted by molar-refractivity contribution is 5.76. The Labute approximate surface area is 92.4 Å². The van der Waals surface area contributed by atoms with E-state index in [-0.39, 0.29) is 5.91 Å². The Hall–Kier alpha value is -0.610.